The first-order chi connectivity index (χ1) is 11.7. The van der Waals surface area contributed by atoms with Gasteiger partial charge in [0.1, 0.15) is 5.01 Å². The fourth-order valence-corrected chi connectivity index (χ4v) is 3.99. The summed E-state index contributed by atoms with van der Waals surface area (Å²) >= 11 is 1.71. The second-order valence-electron chi connectivity index (χ2n) is 8.52. The second kappa shape index (κ2) is 10.2. The number of nitrogens with zero attached hydrogens (tertiary/aromatic N) is 3. The van der Waals surface area contributed by atoms with Crippen LogP contribution >= 0.6 is 35.3 Å². The van der Waals surface area contributed by atoms with Crippen molar-refractivity contribution >= 4 is 41.3 Å². The van der Waals surface area contributed by atoms with Crippen molar-refractivity contribution in [2.24, 2.45) is 4.99 Å². The Morgan fingerprint density at radius 2 is 1.81 bits per heavy atom. The average Bonchev–Trinajstić information content (AvgIpc) is 3.05. The minimum Gasteiger partial charge on any atom is -0.355 e. The van der Waals surface area contributed by atoms with Gasteiger partial charge < -0.3 is 10.6 Å². The van der Waals surface area contributed by atoms with Gasteiger partial charge in [0.2, 0.25) is 0 Å². The highest BCUT2D eigenvalue weighted by Gasteiger charge is 2.27. The maximum Gasteiger partial charge on any atom is 0.191 e. The van der Waals surface area contributed by atoms with Crippen LogP contribution in [0.5, 0.6) is 0 Å². The monoisotopic (exact) mass is 493 g/mol. The van der Waals surface area contributed by atoms with Crippen molar-refractivity contribution < 1.29 is 0 Å². The fourth-order valence-electron chi connectivity index (χ4n) is 3.03. The Labute approximate surface area is 180 Å². The molecular weight excluding hydrogens is 457 g/mol. The van der Waals surface area contributed by atoms with Crippen LogP contribution in [0.15, 0.2) is 10.4 Å². The Hall–Kier alpha value is -0.410. The van der Waals surface area contributed by atoms with E-state index < -0.39 is 0 Å². The van der Waals surface area contributed by atoms with Gasteiger partial charge in [-0.1, -0.05) is 27.2 Å². The number of piperidine rings is 1. The molecule has 0 aliphatic carbocycles. The summed E-state index contributed by atoms with van der Waals surface area (Å²) in [6, 6.07) is 0. The molecule has 2 rings (SSSR count). The van der Waals surface area contributed by atoms with Gasteiger partial charge in [-0.2, -0.15) is 0 Å². The summed E-state index contributed by atoms with van der Waals surface area (Å²) in [6.07, 6.45) is 4.00. The number of hydrogen-bond donors (Lipinski definition) is 2. The fraction of sp³-hybridized carbons (Fsp3) is 0.789. The molecule has 1 aliphatic heterocycles. The highest BCUT2D eigenvalue weighted by Crippen LogP contribution is 2.23. The summed E-state index contributed by atoms with van der Waals surface area (Å²) in [4.78, 5) is 11.7. The molecule has 0 radical (unpaired) electrons. The predicted molar refractivity (Wildman–Crippen MR) is 124 cm³/mol. The van der Waals surface area contributed by atoms with E-state index >= 15 is 0 Å². The number of aliphatic imine (C=N–C) groups is 1. The van der Waals surface area contributed by atoms with Gasteiger partial charge in [0.05, 0.1) is 12.2 Å². The minimum atomic E-state index is 0. The van der Waals surface area contributed by atoms with Crippen molar-refractivity contribution in [3.05, 3.63) is 16.1 Å². The van der Waals surface area contributed by atoms with Crippen molar-refractivity contribution in [2.75, 3.05) is 26.7 Å². The Kier molecular flexibility index (Phi) is 9.29. The molecule has 0 amide bonds. The zero-order chi connectivity index (χ0) is 18.5. The molecule has 2 N–H and O–H groups in total. The van der Waals surface area contributed by atoms with Crippen LogP contribution < -0.4 is 10.6 Å². The molecule has 2 heterocycles. The average molecular weight is 494 g/mol. The Morgan fingerprint density at radius 3 is 2.35 bits per heavy atom. The van der Waals surface area contributed by atoms with Crippen molar-refractivity contribution in [3.63, 3.8) is 0 Å². The van der Waals surface area contributed by atoms with E-state index in [2.05, 4.69) is 60.5 Å². The van der Waals surface area contributed by atoms with Gasteiger partial charge in [-0.15, -0.1) is 35.3 Å². The molecule has 1 aromatic heterocycles. The summed E-state index contributed by atoms with van der Waals surface area (Å²) in [5.74, 6) is 0.845. The predicted octanol–water partition coefficient (Wildman–Crippen LogP) is 3.99. The van der Waals surface area contributed by atoms with E-state index in [1.165, 1.54) is 32.4 Å². The van der Waals surface area contributed by atoms with Crippen molar-refractivity contribution in [1.82, 2.24) is 20.5 Å². The summed E-state index contributed by atoms with van der Waals surface area (Å²) in [7, 11) is 1.83. The molecule has 7 heteroatoms. The van der Waals surface area contributed by atoms with Gasteiger partial charge in [0.25, 0.3) is 0 Å². The van der Waals surface area contributed by atoms with Crippen LogP contribution in [0, 0.1) is 0 Å². The minimum absolute atomic E-state index is 0. The number of aromatic nitrogens is 1. The third-order valence-corrected chi connectivity index (χ3v) is 5.70. The first kappa shape index (κ1) is 23.6. The Balaban J connectivity index is 0.00000338. The number of nitrogens with one attached hydrogen (secondary N) is 2. The maximum atomic E-state index is 4.74. The summed E-state index contributed by atoms with van der Waals surface area (Å²) < 4.78 is 0. The third kappa shape index (κ3) is 6.96. The smallest absolute Gasteiger partial charge is 0.191 e. The van der Waals surface area contributed by atoms with Crippen LogP contribution in [-0.2, 0) is 12.0 Å². The van der Waals surface area contributed by atoms with Crippen LogP contribution in [0.1, 0.15) is 64.6 Å². The van der Waals surface area contributed by atoms with Crippen molar-refractivity contribution in [1.29, 1.82) is 0 Å². The normalized spacial score (nSPS) is 16.9. The van der Waals surface area contributed by atoms with E-state index in [1.807, 2.05) is 7.05 Å². The first-order valence-electron chi connectivity index (χ1n) is 9.37. The van der Waals surface area contributed by atoms with Crippen molar-refractivity contribution in [3.8, 4) is 0 Å². The number of halogens is 1. The largest absolute Gasteiger partial charge is 0.355 e. The molecule has 0 bridgehead atoms. The van der Waals surface area contributed by atoms with E-state index in [0.29, 0.717) is 6.54 Å². The molecule has 1 saturated heterocycles. The van der Waals surface area contributed by atoms with Crippen LogP contribution in [0.25, 0.3) is 0 Å². The molecule has 1 aromatic rings. The molecular formula is C19H36IN5S. The molecule has 0 spiro atoms. The van der Waals surface area contributed by atoms with Gasteiger partial charge in [0.15, 0.2) is 5.96 Å². The topological polar surface area (TPSA) is 52.6 Å². The van der Waals surface area contributed by atoms with Gasteiger partial charge in [-0.05, 0) is 39.8 Å². The van der Waals surface area contributed by atoms with Gasteiger partial charge in [-0.25, -0.2) is 4.98 Å². The zero-order valence-electron chi connectivity index (χ0n) is 17.2. The lowest BCUT2D eigenvalue weighted by Gasteiger charge is -2.41. The second-order valence-corrected chi connectivity index (χ2v) is 9.46. The van der Waals surface area contributed by atoms with Crippen LogP contribution in [0.3, 0.4) is 0 Å². The highest BCUT2D eigenvalue weighted by atomic mass is 127. The third-order valence-electron chi connectivity index (χ3n) is 4.85. The molecule has 150 valence electrons. The van der Waals surface area contributed by atoms with Crippen LogP contribution in [0.4, 0.5) is 0 Å². The molecule has 0 aromatic carbocycles. The standard InChI is InChI=1S/C19H35N5S.HI/c1-18(2,3)15-13-25-16(23-15)12-21-17(20-6)22-14-19(4,5)24-10-8-7-9-11-24;/h13H,7-12,14H2,1-6H3,(H2,20,21,22);1H. The quantitative estimate of drug-likeness (QED) is 0.370. The number of guanidine groups is 1. The Bertz CT molecular complexity index is 571. The van der Waals surface area contributed by atoms with Crippen LogP contribution in [-0.4, -0.2) is 48.1 Å². The zero-order valence-corrected chi connectivity index (χ0v) is 20.3. The molecule has 1 aliphatic rings. The van der Waals surface area contributed by atoms with Crippen molar-refractivity contribution in [2.45, 2.75) is 71.4 Å². The lowest BCUT2D eigenvalue weighted by atomic mass is 9.93. The number of rotatable bonds is 5. The SMILES string of the molecule is CN=C(NCc1nc(C(C)(C)C)cs1)NCC(C)(C)N1CCCCC1.I. The first-order valence-corrected chi connectivity index (χ1v) is 10.2. The van der Waals surface area contributed by atoms with E-state index in [-0.39, 0.29) is 34.9 Å². The van der Waals surface area contributed by atoms with E-state index in [4.69, 9.17) is 4.98 Å². The molecule has 0 atom stereocenters. The Morgan fingerprint density at radius 1 is 1.15 bits per heavy atom. The molecule has 0 unspecified atom stereocenters. The number of likely N-dealkylation sites (tertiary alicyclic amines) is 1. The van der Waals surface area contributed by atoms with Gasteiger partial charge in [0, 0.05) is 29.9 Å². The number of thiazole rings is 1. The number of hydrogen-bond acceptors (Lipinski definition) is 4. The van der Waals surface area contributed by atoms with E-state index in [0.717, 1.165) is 23.2 Å². The molecule has 5 nitrogen and oxygen atoms in total. The molecule has 0 saturated carbocycles. The molecule has 1 fully saturated rings. The summed E-state index contributed by atoms with van der Waals surface area (Å²) in [6.45, 7) is 15.2. The van der Waals surface area contributed by atoms with E-state index in [9.17, 15) is 0 Å². The summed E-state index contributed by atoms with van der Waals surface area (Å²) in [5.41, 5.74) is 1.40. The van der Waals surface area contributed by atoms with E-state index in [1.54, 1.807) is 11.3 Å². The lowest BCUT2D eigenvalue weighted by molar-refractivity contribution is 0.0982. The van der Waals surface area contributed by atoms with Gasteiger partial charge >= 0.3 is 0 Å². The summed E-state index contributed by atoms with van der Waals surface area (Å²) in [5, 5.41) is 10.1. The molecule has 26 heavy (non-hydrogen) atoms. The highest BCUT2D eigenvalue weighted by molar-refractivity contribution is 14.0. The van der Waals surface area contributed by atoms with Crippen LogP contribution in [0.2, 0.25) is 0 Å². The van der Waals surface area contributed by atoms with Gasteiger partial charge in [-0.3, -0.25) is 9.89 Å². The maximum absolute atomic E-state index is 4.74. The lowest BCUT2D eigenvalue weighted by Crippen LogP contribution is -2.54.